The number of carbonyl (C=O) groups is 1. The molecule has 1 aromatic heterocycles. The van der Waals surface area contributed by atoms with E-state index in [1.807, 2.05) is 14.0 Å². The second-order valence-electron chi connectivity index (χ2n) is 5.69. The molecule has 5 heteroatoms. The summed E-state index contributed by atoms with van der Waals surface area (Å²) in [5.41, 5.74) is 1.57. The molecule has 20 heavy (non-hydrogen) atoms. The normalized spacial score (nSPS) is 22.8. The third-order valence-corrected chi connectivity index (χ3v) is 4.67. The van der Waals surface area contributed by atoms with E-state index in [2.05, 4.69) is 10.4 Å². The van der Waals surface area contributed by atoms with Crippen LogP contribution in [0.25, 0.3) is 0 Å². The topological polar surface area (TPSA) is 46.9 Å². The van der Waals surface area contributed by atoms with Crippen LogP contribution in [0, 0.1) is 11.8 Å². The maximum atomic E-state index is 12.3. The minimum atomic E-state index is -0.00570. The Balaban J connectivity index is 1.94. The van der Waals surface area contributed by atoms with Crippen molar-refractivity contribution in [1.82, 2.24) is 15.1 Å². The molecule has 1 aliphatic rings. The number of hydrogen-bond donors (Lipinski definition) is 1. The molecule has 1 saturated carbocycles. The van der Waals surface area contributed by atoms with Gasteiger partial charge < -0.3 is 5.32 Å². The van der Waals surface area contributed by atoms with Crippen molar-refractivity contribution in [2.75, 3.05) is 12.4 Å². The minimum absolute atomic E-state index is 0.00570. The second kappa shape index (κ2) is 7.11. The predicted octanol–water partition coefficient (Wildman–Crippen LogP) is 2.76. The lowest BCUT2D eigenvalue weighted by Gasteiger charge is -2.30. The van der Waals surface area contributed by atoms with Crippen molar-refractivity contribution in [2.24, 2.45) is 18.9 Å². The molecule has 2 rings (SSSR count). The van der Waals surface area contributed by atoms with Gasteiger partial charge in [-0.3, -0.25) is 9.48 Å². The Kier molecular flexibility index (Phi) is 5.46. The summed E-state index contributed by atoms with van der Waals surface area (Å²) in [6.45, 7) is 2.75. The van der Waals surface area contributed by atoms with E-state index >= 15 is 0 Å². The summed E-state index contributed by atoms with van der Waals surface area (Å²) in [6.07, 6.45) is 7.46. The van der Waals surface area contributed by atoms with Crippen molar-refractivity contribution in [3.63, 3.8) is 0 Å². The van der Waals surface area contributed by atoms with Crippen LogP contribution in [-0.4, -0.2) is 28.1 Å². The minimum Gasteiger partial charge on any atom is -0.352 e. The van der Waals surface area contributed by atoms with Gasteiger partial charge in [-0.15, -0.1) is 11.6 Å². The molecule has 0 bridgehead atoms. The average Bonchev–Trinajstić information content (AvgIpc) is 2.86. The Morgan fingerprint density at radius 2 is 2.15 bits per heavy atom. The zero-order chi connectivity index (χ0) is 14.5. The lowest BCUT2D eigenvalue weighted by atomic mass is 9.80. The predicted molar refractivity (Wildman–Crippen MR) is 81.1 cm³/mol. The second-order valence-corrected chi connectivity index (χ2v) is 5.99. The van der Waals surface area contributed by atoms with Gasteiger partial charge in [0.2, 0.25) is 0 Å². The monoisotopic (exact) mass is 297 g/mol. The number of nitrogens with one attached hydrogen (secondary N) is 1. The maximum Gasteiger partial charge on any atom is 0.254 e. The SMILES string of the molecule is CCc1nn(C)cc1C(=O)NCC1CCCCC1CCl. The number of rotatable bonds is 5. The lowest BCUT2D eigenvalue weighted by molar-refractivity contribution is 0.0935. The lowest BCUT2D eigenvalue weighted by Crippen LogP contribution is -2.35. The molecular formula is C15H24ClN3O. The molecule has 0 saturated heterocycles. The highest BCUT2D eigenvalue weighted by molar-refractivity contribution is 6.18. The molecule has 0 radical (unpaired) electrons. The molecule has 0 aromatic carbocycles. The number of amides is 1. The third kappa shape index (κ3) is 3.54. The molecule has 0 spiro atoms. The number of aromatic nitrogens is 2. The molecule has 2 atom stereocenters. The van der Waals surface area contributed by atoms with Crippen LogP contribution in [0.4, 0.5) is 0 Å². The Morgan fingerprint density at radius 3 is 2.80 bits per heavy atom. The Morgan fingerprint density at radius 1 is 1.45 bits per heavy atom. The van der Waals surface area contributed by atoms with Gasteiger partial charge in [0.05, 0.1) is 11.3 Å². The van der Waals surface area contributed by atoms with Crippen LogP contribution in [0.15, 0.2) is 6.20 Å². The van der Waals surface area contributed by atoms with Crippen molar-refractivity contribution in [3.8, 4) is 0 Å². The number of halogens is 1. The highest BCUT2D eigenvalue weighted by atomic mass is 35.5. The standard InChI is InChI=1S/C15H24ClN3O/c1-3-14-13(10-19(2)18-14)15(20)17-9-12-7-5-4-6-11(12)8-16/h10-12H,3-9H2,1-2H3,(H,17,20). The fourth-order valence-electron chi connectivity index (χ4n) is 3.06. The molecule has 112 valence electrons. The Hall–Kier alpha value is -1.03. The summed E-state index contributed by atoms with van der Waals surface area (Å²) < 4.78 is 1.70. The quantitative estimate of drug-likeness (QED) is 0.850. The summed E-state index contributed by atoms with van der Waals surface area (Å²) >= 11 is 6.03. The fraction of sp³-hybridized carbons (Fsp3) is 0.733. The number of carbonyl (C=O) groups excluding carboxylic acids is 1. The zero-order valence-electron chi connectivity index (χ0n) is 12.4. The van der Waals surface area contributed by atoms with E-state index in [1.54, 1.807) is 10.9 Å². The number of aryl methyl sites for hydroxylation is 2. The van der Waals surface area contributed by atoms with E-state index in [9.17, 15) is 4.79 Å². The van der Waals surface area contributed by atoms with Gasteiger partial charge in [0, 0.05) is 25.7 Å². The van der Waals surface area contributed by atoms with Gasteiger partial charge in [-0.25, -0.2) is 0 Å². The molecule has 1 heterocycles. The first-order valence-electron chi connectivity index (χ1n) is 7.52. The van der Waals surface area contributed by atoms with Crippen LogP contribution < -0.4 is 5.32 Å². The van der Waals surface area contributed by atoms with E-state index in [1.165, 1.54) is 25.7 Å². The molecule has 1 aromatic rings. The van der Waals surface area contributed by atoms with Crippen LogP contribution in [0.1, 0.15) is 48.7 Å². The first kappa shape index (κ1) is 15.4. The molecule has 1 fully saturated rings. The van der Waals surface area contributed by atoms with E-state index < -0.39 is 0 Å². The molecule has 2 unspecified atom stereocenters. The molecule has 1 N–H and O–H groups in total. The first-order chi connectivity index (χ1) is 9.65. The summed E-state index contributed by atoms with van der Waals surface area (Å²) in [5.74, 6) is 1.76. The van der Waals surface area contributed by atoms with Gasteiger partial charge >= 0.3 is 0 Å². The van der Waals surface area contributed by atoms with Crippen molar-refractivity contribution in [2.45, 2.75) is 39.0 Å². The van der Waals surface area contributed by atoms with E-state index in [0.717, 1.165) is 18.7 Å². The van der Waals surface area contributed by atoms with Crippen molar-refractivity contribution >= 4 is 17.5 Å². The van der Waals surface area contributed by atoms with Gasteiger partial charge in [0.25, 0.3) is 5.91 Å². The molecule has 4 nitrogen and oxygen atoms in total. The van der Waals surface area contributed by atoms with Crippen LogP contribution in [-0.2, 0) is 13.5 Å². The number of alkyl halides is 1. The summed E-state index contributed by atoms with van der Waals surface area (Å²) in [6, 6.07) is 0. The molecular weight excluding hydrogens is 274 g/mol. The van der Waals surface area contributed by atoms with Gasteiger partial charge in [0.15, 0.2) is 0 Å². The van der Waals surface area contributed by atoms with E-state index in [-0.39, 0.29) is 5.91 Å². The Labute approximate surface area is 125 Å². The first-order valence-corrected chi connectivity index (χ1v) is 8.05. The average molecular weight is 298 g/mol. The highest BCUT2D eigenvalue weighted by Crippen LogP contribution is 2.30. The van der Waals surface area contributed by atoms with E-state index in [4.69, 9.17) is 11.6 Å². The van der Waals surface area contributed by atoms with Crippen molar-refractivity contribution in [1.29, 1.82) is 0 Å². The number of nitrogens with zero attached hydrogens (tertiary/aromatic N) is 2. The van der Waals surface area contributed by atoms with Crippen LogP contribution in [0.2, 0.25) is 0 Å². The van der Waals surface area contributed by atoms with Crippen LogP contribution in [0.3, 0.4) is 0 Å². The van der Waals surface area contributed by atoms with Crippen molar-refractivity contribution < 1.29 is 4.79 Å². The fourth-order valence-corrected chi connectivity index (χ4v) is 3.47. The van der Waals surface area contributed by atoms with Gasteiger partial charge in [-0.05, 0) is 31.1 Å². The van der Waals surface area contributed by atoms with Gasteiger partial charge in [-0.1, -0.05) is 19.8 Å². The van der Waals surface area contributed by atoms with Gasteiger partial charge in [0.1, 0.15) is 0 Å². The molecule has 0 aliphatic heterocycles. The Bertz CT molecular complexity index is 458. The summed E-state index contributed by atoms with van der Waals surface area (Å²) in [7, 11) is 1.85. The molecule has 1 amide bonds. The van der Waals surface area contributed by atoms with Crippen LogP contribution in [0.5, 0.6) is 0 Å². The van der Waals surface area contributed by atoms with E-state index in [0.29, 0.717) is 23.3 Å². The largest absolute Gasteiger partial charge is 0.352 e. The smallest absolute Gasteiger partial charge is 0.254 e. The summed E-state index contributed by atoms with van der Waals surface area (Å²) in [4.78, 5) is 12.3. The highest BCUT2D eigenvalue weighted by Gasteiger charge is 2.25. The van der Waals surface area contributed by atoms with Crippen LogP contribution >= 0.6 is 11.6 Å². The maximum absolute atomic E-state index is 12.3. The molecule has 1 aliphatic carbocycles. The zero-order valence-corrected chi connectivity index (χ0v) is 13.1. The number of hydrogen-bond acceptors (Lipinski definition) is 2. The van der Waals surface area contributed by atoms with Gasteiger partial charge in [-0.2, -0.15) is 5.10 Å². The van der Waals surface area contributed by atoms with Crippen molar-refractivity contribution in [3.05, 3.63) is 17.5 Å². The third-order valence-electron chi connectivity index (χ3n) is 4.27. The summed E-state index contributed by atoms with van der Waals surface area (Å²) in [5, 5.41) is 7.38.